The van der Waals surface area contributed by atoms with Gasteiger partial charge in [-0.1, -0.05) is 6.08 Å². The van der Waals surface area contributed by atoms with Gasteiger partial charge >= 0.3 is 0 Å². The van der Waals surface area contributed by atoms with Crippen molar-refractivity contribution in [2.24, 2.45) is 0 Å². The fraction of sp³-hybridized carbons (Fsp3) is 0.556. The molecule has 1 aliphatic rings. The number of nitrogens with one attached hydrogen (secondary N) is 1. The van der Waals surface area contributed by atoms with Crippen LogP contribution in [-0.4, -0.2) is 10.5 Å². The molecule has 0 atom stereocenters. The van der Waals surface area contributed by atoms with E-state index in [9.17, 15) is 10.1 Å². The Bertz CT molecular complexity index is 284. The van der Waals surface area contributed by atoms with Crippen molar-refractivity contribution in [2.45, 2.75) is 32.7 Å². The molecule has 0 saturated carbocycles. The summed E-state index contributed by atoms with van der Waals surface area (Å²) in [6, 6.07) is 0. The molecule has 0 unspecified atom stereocenters. The quantitative estimate of drug-likeness (QED) is 0.523. The topological polar surface area (TPSA) is 55.2 Å². The van der Waals surface area contributed by atoms with Crippen molar-refractivity contribution in [3.63, 3.8) is 0 Å². The average Bonchev–Trinajstić information content (AvgIpc) is 2.31. The van der Waals surface area contributed by atoms with E-state index < -0.39 is 0 Å². The van der Waals surface area contributed by atoms with Gasteiger partial charge in [-0.15, -0.1) is 0 Å². The second-order valence-electron chi connectivity index (χ2n) is 4.10. The minimum atomic E-state index is -0.325. The van der Waals surface area contributed by atoms with Crippen LogP contribution in [-0.2, 0) is 0 Å². The summed E-state index contributed by atoms with van der Waals surface area (Å²) < 4.78 is 0. The molecule has 4 heteroatoms. The van der Waals surface area contributed by atoms with Crippen LogP contribution in [0, 0.1) is 10.1 Å². The van der Waals surface area contributed by atoms with Gasteiger partial charge in [0.2, 0.25) is 0 Å². The fourth-order valence-corrected chi connectivity index (χ4v) is 1.19. The summed E-state index contributed by atoms with van der Waals surface area (Å²) in [4.78, 5) is 10.2. The SMILES string of the molecule is CC(C)(C)NC1=C([N+](=O)[O-])CC=C1. The standard InChI is InChI=1S/C9H14N2O2/c1-9(2,3)10-7-5-4-6-8(7)11(12)13/h4-5,10H,6H2,1-3H3. The zero-order chi connectivity index (χ0) is 10.1. The minimum absolute atomic E-state index is 0.134. The first-order chi connectivity index (χ1) is 5.90. The van der Waals surface area contributed by atoms with E-state index in [1.54, 1.807) is 12.2 Å². The summed E-state index contributed by atoms with van der Waals surface area (Å²) in [6.45, 7) is 5.93. The van der Waals surface area contributed by atoms with Crippen LogP contribution in [0.4, 0.5) is 0 Å². The summed E-state index contributed by atoms with van der Waals surface area (Å²) >= 11 is 0. The van der Waals surface area contributed by atoms with Gasteiger partial charge in [-0.05, 0) is 26.8 Å². The largest absolute Gasteiger partial charge is 0.375 e. The van der Waals surface area contributed by atoms with E-state index in [4.69, 9.17) is 0 Å². The van der Waals surface area contributed by atoms with Crippen LogP contribution < -0.4 is 5.32 Å². The normalized spacial score (nSPS) is 16.5. The highest BCUT2D eigenvalue weighted by atomic mass is 16.6. The first kappa shape index (κ1) is 9.77. The number of rotatable bonds is 2. The molecule has 1 aliphatic carbocycles. The summed E-state index contributed by atoms with van der Waals surface area (Å²) in [7, 11) is 0. The second kappa shape index (κ2) is 3.20. The van der Waals surface area contributed by atoms with Crippen LogP contribution in [0.1, 0.15) is 27.2 Å². The van der Waals surface area contributed by atoms with Crippen LogP contribution in [0.3, 0.4) is 0 Å². The molecule has 0 aromatic rings. The Kier molecular flexibility index (Phi) is 2.40. The van der Waals surface area contributed by atoms with E-state index in [1.807, 2.05) is 20.8 Å². The van der Waals surface area contributed by atoms with Crippen molar-refractivity contribution in [1.82, 2.24) is 5.32 Å². The molecule has 1 rings (SSSR count). The predicted octanol–water partition coefficient (Wildman–Crippen LogP) is 1.82. The van der Waals surface area contributed by atoms with Gasteiger partial charge in [0.25, 0.3) is 5.70 Å². The van der Waals surface area contributed by atoms with E-state index in [0.717, 1.165) is 0 Å². The lowest BCUT2D eigenvalue weighted by Crippen LogP contribution is -2.35. The third kappa shape index (κ3) is 2.57. The van der Waals surface area contributed by atoms with Gasteiger partial charge in [0.15, 0.2) is 0 Å². The van der Waals surface area contributed by atoms with E-state index in [1.165, 1.54) is 0 Å². The lowest BCUT2D eigenvalue weighted by atomic mass is 10.1. The van der Waals surface area contributed by atoms with Gasteiger partial charge in [-0.3, -0.25) is 10.1 Å². The molecule has 4 nitrogen and oxygen atoms in total. The van der Waals surface area contributed by atoms with Crippen LogP contribution in [0.2, 0.25) is 0 Å². The molecule has 1 N–H and O–H groups in total. The molecule has 72 valence electrons. The van der Waals surface area contributed by atoms with E-state index in [0.29, 0.717) is 12.1 Å². The zero-order valence-electron chi connectivity index (χ0n) is 8.13. The molecule has 0 bridgehead atoms. The zero-order valence-corrected chi connectivity index (χ0v) is 8.13. The van der Waals surface area contributed by atoms with E-state index in [2.05, 4.69) is 5.32 Å². The van der Waals surface area contributed by atoms with Gasteiger partial charge in [0, 0.05) is 5.54 Å². The maximum atomic E-state index is 10.6. The predicted molar refractivity (Wildman–Crippen MR) is 50.7 cm³/mol. The maximum Gasteiger partial charge on any atom is 0.272 e. The van der Waals surface area contributed by atoms with E-state index >= 15 is 0 Å². The molecule has 0 saturated heterocycles. The monoisotopic (exact) mass is 182 g/mol. The summed E-state index contributed by atoms with van der Waals surface area (Å²) in [5.74, 6) is 0. The first-order valence-electron chi connectivity index (χ1n) is 4.22. The molecule has 0 spiro atoms. The third-order valence-electron chi connectivity index (χ3n) is 1.64. The van der Waals surface area contributed by atoms with Gasteiger partial charge in [-0.2, -0.15) is 0 Å². The molecule has 0 aromatic heterocycles. The molecule has 0 heterocycles. The fourth-order valence-electron chi connectivity index (χ4n) is 1.19. The molecular weight excluding hydrogens is 168 g/mol. The van der Waals surface area contributed by atoms with Crippen LogP contribution in [0.15, 0.2) is 23.5 Å². The van der Waals surface area contributed by atoms with Crippen molar-refractivity contribution in [3.05, 3.63) is 33.7 Å². The summed E-state index contributed by atoms with van der Waals surface area (Å²) in [6.07, 6.45) is 3.99. The van der Waals surface area contributed by atoms with Crippen molar-refractivity contribution in [1.29, 1.82) is 0 Å². The van der Waals surface area contributed by atoms with Gasteiger partial charge < -0.3 is 5.32 Å². The van der Waals surface area contributed by atoms with Crippen molar-refractivity contribution in [3.8, 4) is 0 Å². The first-order valence-corrected chi connectivity index (χ1v) is 4.22. The Balaban J connectivity index is 2.82. The second-order valence-corrected chi connectivity index (χ2v) is 4.10. The van der Waals surface area contributed by atoms with Gasteiger partial charge in [-0.25, -0.2) is 0 Å². The highest BCUT2D eigenvalue weighted by molar-refractivity contribution is 5.29. The van der Waals surface area contributed by atoms with Crippen LogP contribution >= 0.6 is 0 Å². The summed E-state index contributed by atoms with van der Waals surface area (Å²) in [5, 5.41) is 13.7. The lowest BCUT2D eigenvalue weighted by molar-refractivity contribution is -0.427. The Labute approximate surface area is 77.5 Å². The molecule has 0 amide bonds. The Hall–Kier alpha value is -1.32. The molecular formula is C9H14N2O2. The van der Waals surface area contributed by atoms with Crippen molar-refractivity contribution < 1.29 is 4.92 Å². The number of hydrogen-bond acceptors (Lipinski definition) is 3. The third-order valence-corrected chi connectivity index (χ3v) is 1.64. The Morgan fingerprint density at radius 1 is 1.54 bits per heavy atom. The molecule has 13 heavy (non-hydrogen) atoms. The van der Waals surface area contributed by atoms with Gasteiger partial charge in [0.05, 0.1) is 11.3 Å². The van der Waals surface area contributed by atoms with Crippen molar-refractivity contribution in [2.75, 3.05) is 0 Å². The van der Waals surface area contributed by atoms with Crippen LogP contribution in [0.5, 0.6) is 0 Å². The highest BCUT2D eigenvalue weighted by Crippen LogP contribution is 2.19. The Morgan fingerprint density at radius 3 is 2.62 bits per heavy atom. The minimum Gasteiger partial charge on any atom is -0.375 e. The van der Waals surface area contributed by atoms with E-state index in [-0.39, 0.29) is 16.2 Å². The lowest BCUT2D eigenvalue weighted by Gasteiger charge is -2.21. The number of nitro groups is 1. The number of nitrogens with zero attached hydrogens (tertiary/aromatic N) is 1. The smallest absolute Gasteiger partial charge is 0.272 e. The average molecular weight is 182 g/mol. The molecule has 0 aromatic carbocycles. The molecule has 0 radical (unpaired) electrons. The molecule has 0 fully saturated rings. The summed E-state index contributed by atoms with van der Waals surface area (Å²) in [5.41, 5.74) is 0.762. The van der Waals surface area contributed by atoms with Crippen molar-refractivity contribution >= 4 is 0 Å². The Morgan fingerprint density at radius 2 is 2.15 bits per heavy atom. The van der Waals surface area contributed by atoms with Crippen LogP contribution in [0.25, 0.3) is 0 Å². The number of hydrogen-bond donors (Lipinski definition) is 1. The molecule has 0 aliphatic heterocycles. The maximum absolute atomic E-state index is 10.6. The number of allylic oxidation sites excluding steroid dienone is 2. The van der Waals surface area contributed by atoms with Gasteiger partial charge in [0.1, 0.15) is 5.70 Å². The highest BCUT2D eigenvalue weighted by Gasteiger charge is 2.22.